The number of anilines is 2. The molecule has 0 unspecified atom stereocenters. The van der Waals surface area contributed by atoms with Crippen molar-refractivity contribution in [3.8, 4) is 0 Å². The first-order valence-electron chi connectivity index (χ1n) is 7.75. The van der Waals surface area contributed by atoms with Crippen LogP contribution in [0.25, 0.3) is 0 Å². The first-order valence-corrected chi connectivity index (χ1v) is 8.12. The van der Waals surface area contributed by atoms with E-state index in [9.17, 15) is 4.79 Å². The lowest BCUT2D eigenvalue weighted by atomic mass is 10.2. The molecule has 0 saturated carbocycles. The molecule has 0 spiro atoms. The van der Waals surface area contributed by atoms with Crippen LogP contribution >= 0.6 is 11.6 Å². The normalized spacial score (nSPS) is 10.7. The minimum Gasteiger partial charge on any atom is -0.366 e. The highest BCUT2D eigenvalue weighted by molar-refractivity contribution is 6.33. The molecule has 3 N–H and O–H groups in total. The zero-order chi connectivity index (χ0) is 18.0. The van der Waals surface area contributed by atoms with E-state index in [1.54, 1.807) is 0 Å². The Morgan fingerprint density at radius 3 is 2.72 bits per heavy atom. The van der Waals surface area contributed by atoms with Gasteiger partial charge in [0.05, 0.1) is 22.8 Å². The van der Waals surface area contributed by atoms with Crippen molar-refractivity contribution in [2.75, 3.05) is 5.32 Å². The first kappa shape index (κ1) is 17.0. The molecule has 1 amide bonds. The number of rotatable bonds is 5. The summed E-state index contributed by atoms with van der Waals surface area (Å²) in [4.78, 5) is 15.3. The minimum absolute atomic E-state index is 0.272. The van der Waals surface area contributed by atoms with E-state index < -0.39 is 5.91 Å². The minimum atomic E-state index is -0.562. The molecule has 2 heterocycles. The second kappa shape index (κ2) is 6.94. The number of hydrogen-bond acceptors (Lipinski definition) is 4. The maximum Gasteiger partial charge on any atom is 0.250 e. The first-order chi connectivity index (χ1) is 11.9. The predicted molar refractivity (Wildman–Crippen MR) is 98.3 cm³/mol. The largest absolute Gasteiger partial charge is 0.366 e. The summed E-state index contributed by atoms with van der Waals surface area (Å²) >= 11 is 6.17. The van der Waals surface area contributed by atoms with Gasteiger partial charge in [-0.2, -0.15) is 5.10 Å². The van der Waals surface area contributed by atoms with Crippen LogP contribution in [-0.2, 0) is 6.54 Å². The van der Waals surface area contributed by atoms with Crippen LogP contribution in [-0.4, -0.2) is 20.7 Å². The summed E-state index contributed by atoms with van der Waals surface area (Å²) in [6.45, 7) is 4.69. The molecule has 0 saturated heterocycles. The lowest BCUT2D eigenvalue weighted by molar-refractivity contribution is 0.1000. The van der Waals surface area contributed by atoms with Crippen molar-refractivity contribution in [2.24, 2.45) is 5.73 Å². The van der Waals surface area contributed by atoms with Crippen LogP contribution in [0.2, 0.25) is 5.02 Å². The van der Waals surface area contributed by atoms with Gasteiger partial charge in [-0.1, -0.05) is 23.7 Å². The second-order valence-electron chi connectivity index (χ2n) is 5.83. The van der Waals surface area contributed by atoms with Gasteiger partial charge in [0.1, 0.15) is 5.82 Å². The monoisotopic (exact) mass is 355 g/mol. The van der Waals surface area contributed by atoms with E-state index in [2.05, 4.69) is 15.4 Å². The van der Waals surface area contributed by atoms with E-state index in [0.717, 1.165) is 22.6 Å². The summed E-state index contributed by atoms with van der Waals surface area (Å²) in [5, 5.41) is 7.97. The van der Waals surface area contributed by atoms with E-state index in [4.69, 9.17) is 17.3 Å². The zero-order valence-electron chi connectivity index (χ0n) is 14.0. The van der Waals surface area contributed by atoms with Gasteiger partial charge in [0.2, 0.25) is 5.91 Å². The highest BCUT2D eigenvalue weighted by Gasteiger charge is 2.08. The maximum atomic E-state index is 11.2. The van der Waals surface area contributed by atoms with Gasteiger partial charge >= 0.3 is 0 Å². The van der Waals surface area contributed by atoms with Crippen LogP contribution in [0.15, 0.2) is 42.6 Å². The van der Waals surface area contributed by atoms with Gasteiger partial charge in [-0.05, 0) is 43.7 Å². The Morgan fingerprint density at radius 1 is 1.28 bits per heavy atom. The van der Waals surface area contributed by atoms with E-state index in [0.29, 0.717) is 17.4 Å². The molecule has 0 aliphatic carbocycles. The SMILES string of the molecule is Cc1cc(C)n(Cc2cccc(Nc3ncc(C(N)=O)cc3Cl)c2)n1. The molecule has 6 nitrogen and oxygen atoms in total. The quantitative estimate of drug-likeness (QED) is 0.734. The Labute approximate surface area is 150 Å². The number of carbonyl (C=O) groups excluding carboxylic acids is 1. The van der Waals surface area contributed by atoms with Crippen LogP contribution in [0.1, 0.15) is 27.3 Å². The fourth-order valence-electron chi connectivity index (χ4n) is 2.56. The van der Waals surface area contributed by atoms with Crippen molar-refractivity contribution in [2.45, 2.75) is 20.4 Å². The van der Waals surface area contributed by atoms with Crippen LogP contribution in [0.5, 0.6) is 0 Å². The third-order valence-electron chi connectivity index (χ3n) is 3.75. The van der Waals surface area contributed by atoms with Crippen molar-refractivity contribution in [3.63, 3.8) is 0 Å². The van der Waals surface area contributed by atoms with Crippen molar-refractivity contribution in [3.05, 3.63) is 70.1 Å². The van der Waals surface area contributed by atoms with Crippen molar-refractivity contribution in [1.82, 2.24) is 14.8 Å². The summed E-state index contributed by atoms with van der Waals surface area (Å²) < 4.78 is 1.96. The average molecular weight is 356 g/mol. The molecular formula is C18H18ClN5O. The van der Waals surface area contributed by atoms with Gasteiger partial charge < -0.3 is 11.1 Å². The highest BCUT2D eigenvalue weighted by Crippen LogP contribution is 2.24. The Balaban J connectivity index is 1.80. The topological polar surface area (TPSA) is 85.8 Å². The third kappa shape index (κ3) is 3.97. The highest BCUT2D eigenvalue weighted by atomic mass is 35.5. The molecule has 2 aromatic heterocycles. The lowest BCUT2D eigenvalue weighted by Gasteiger charge is -2.10. The van der Waals surface area contributed by atoms with Crippen molar-refractivity contribution >= 4 is 29.0 Å². The number of benzene rings is 1. The zero-order valence-corrected chi connectivity index (χ0v) is 14.7. The van der Waals surface area contributed by atoms with Crippen LogP contribution in [0.4, 0.5) is 11.5 Å². The van der Waals surface area contributed by atoms with Gasteiger partial charge in [0, 0.05) is 17.6 Å². The predicted octanol–water partition coefficient (Wildman–Crippen LogP) is 3.44. The fraction of sp³-hybridized carbons (Fsp3) is 0.167. The number of halogens is 1. The summed E-state index contributed by atoms with van der Waals surface area (Å²) in [6.07, 6.45) is 1.40. The molecular weight excluding hydrogens is 338 g/mol. The van der Waals surface area contributed by atoms with Gasteiger partial charge in [-0.25, -0.2) is 4.98 Å². The van der Waals surface area contributed by atoms with Crippen molar-refractivity contribution < 1.29 is 4.79 Å². The standard InChI is InChI=1S/C18H18ClN5O/c1-11-6-12(2)24(23-11)10-13-4-3-5-15(7-13)22-18-16(19)8-14(9-21-18)17(20)25/h3-9H,10H2,1-2H3,(H2,20,25)(H,21,22). The van der Waals surface area contributed by atoms with Crippen molar-refractivity contribution in [1.29, 1.82) is 0 Å². The lowest BCUT2D eigenvalue weighted by Crippen LogP contribution is -2.11. The van der Waals surface area contributed by atoms with Crippen LogP contribution in [0, 0.1) is 13.8 Å². The van der Waals surface area contributed by atoms with Gasteiger partial charge in [-0.15, -0.1) is 0 Å². The summed E-state index contributed by atoms with van der Waals surface area (Å²) in [5.74, 6) is -0.0947. The van der Waals surface area contributed by atoms with E-state index in [1.807, 2.05) is 48.9 Å². The van der Waals surface area contributed by atoms with Gasteiger partial charge in [-0.3, -0.25) is 9.48 Å². The average Bonchev–Trinajstić information content (AvgIpc) is 2.87. The number of nitrogens with two attached hydrogens (primary N) is 1. The smallest absolute Gasteiger partial charge is 0.250 e. The Morgan fingerprint density at radius 2 is 2.08 bits per heavy atom. The molecule has 0 aliphatic heterocycles. The molecule has 0 fully saturated rings. The van der Waals surface area contributed by atoms with E-state index in [-0.39, 0.29) is 5.56 Å². The Hall–Kier alpha value is -2.86. The molecule has 0 radical (unpaired) electrons. The molecule has 0 atom stereocenters. The molecule has 3 rings (SSSR count). The molecule has 0 aliphatic rings. The summed E-state index contributed by atoms with van der Waals surface area (Å²) in [5.41, 5.74) is 9.55. The van der Waals surface area contributed by atoms with Gasteiger partial charge in [0.15, 0.2) is 0 Å². The number of aromatic nitrogens is 3. The van der Waals surface area contributed by atoms with E-state index >= 15 is 0 Å². The number of amides is 1. The Bertz CT molecular complexity index is 935. The summed E-state index contributed by atoms with van der Waals surface area (Å²) in [7, 11) is 0. The fourth-order valence-corrected chi connectivity index (χ4v) is 2.77. The number of carbonyl (C=O) groups is 1. The molecule has 0 bridgehead atoms. The van der Waals surface area contributed by atoms with Gasteiger partial charge in [0.25, 0.3) is 0 Å². The van der Waals surface area contributed by atoms with E-state index in [1.165, 1.54) is 12.3 Å². The molecule has 128 valence electrons. The number of nitrogens with one attached hydrogen (secondary N) is 1. The number of pyridine rings is 1. The van der Waals surface area contributed by atoms with Crippen LogP contribution < -0.4 is 11.1 Å². The molecule has 3 aromatic rings. The number of aryl methyl sites for hydroxylation is 2. The third-order valence-corrected chi connectivity index (χ3v) is 4.04. The molecule has 25 heavy (non-hydrogen) atoms. The Kier molecular flexibility index (Phi) is 4.72. The molecule has 7 heteroatoms. The number of nitrogens with zero attached hydrogens (tertiary/aromatic N) is 3. The number of hydrogen-bond donors (Lipinski definition) is 2. The van der Waals surface area contributed by atoms with Crippen LogP contribution in [0.3, 0.4) is 0 Å². The summed E-state index contributed by atoms with van der Waals surface area (Å²) in [6, 6.07) is 11.5. The number of primary amides is 1. The second-order valence-corrected chi connectivity index (χ2v) is 6.24. The molecule has 1 aromatic carbocycles. The maximum absolute atomic E-state index is 11.2.